The summed E-state index contributed by atoms with van der Waals surface area (Å²) >= 11 is 0. The Morgan fingerprint density at radius 3 is 2.57 bits per heavy atom. The molecular formula is C15H27NO4S. The van der Waals surface area contributed by atoms with Gasteiger partial charge in [-0.1, -0.05) is 13.3 Å². The van der Waals surface area contributed by atoms with Gasteiger partial charge in [0.25, 0.3) is 0 Å². The number of piperidine rings is 1. The van der Waals surface area contributed by atoms with Gasteiger partial charge in [-0.2, -0.15) is 0 Å². The maximum atomic E-state index is 11.8. The van der Waals surface area contributed by atoms with Gasteiger partial charge in [-0.25, -0.2) is 12.7 Å². The highest BCUT2D eigenvalue weighted by Gasteiger charge is 2.46. The molecule has 1 heterocycles. The van der Waals surface area contributed by atoms with Crippen LogP contribution in [0, 0.1) is 17.3 Å². The number of nitrogens with zero attached hydrogens (tertiary/aromatic N) is 1. The van der Waals surface area contributed by atoms with E-state index in [1.54, 1.807) is 0 Å². The van der Waals surface area contributed by atoms with Crippen LogP contribution in [0.3, 0.4) is 0 Å². The zero-order valence-electron chi connectivity index (χ0n) is 13.0. The molecule has 1 aliphatic carbocycles. The van der Waals surface area contributed by atoms with Crippen LogP contribution in [-0.2, 0) is 14.8 Å². The quantitative estimate of drug-likeness (QED) is 0.844. The van der Waals surface area contributed by atoms with Gasteiger partial charge < -0.3 is 5.11 Å². The first-order chi connectivity index (χ1) is 9.77. The molecule has 3 atom stereocenters. The standard InChI is InChI=1S/C15H27NO4S/c1-3-12-6-7-15(9-12,14(17)18)10-13-5-4-8-16(11-13)21(2,19)20/h12-13H,3-11H2,1-2H3,(H,17,18). The molecule has 1 saturated heterocycles. The molecule has 0 spiro atoms. The Hall–Kier alpha value is -0.620. The number of hydrogen-bond acceptors (Lipinski definition) is 3. The normalized spacial score (nSPS) is 35.0. The fourth-order valence-electron chi connectivity index (χ4n) is 4.10. The third-order valence-corrected chi connectivity index (χ3v) is 6.64. The number of carbonyl (C=O) groups is 1. The van der Waals surface area contributed by atoms with Crippen molar-refractivity contribution in [1.29, 1.82) is 0 Å². The highest BCUT2D eigenvalue weighted by atomic mass is 32.2. The Morgan fingerprint density at radius 1 is 1.33 bits per heavy atom. The lowest BCUT2D eigenvalue weighted by Gasteiger charge is -2.35. The van der Waals surface area contributed by atoms with Gasteiger partial charge in [0.05, 0.1) is 11.7 Å². The third kappa shape index (κ3) is 3.77. The second-order valence-electron chi connectivity index (χ2n) is 6.94. The Kier molecular flexibility index (Phi) is 4.98. The maximum absolute atomic E-state index is 11.8. The number of carboxylic acid groups (broad SMARTS) is 1. The summed E-state index contributed by atoms with van der Waals surface area (Å²) in [6.45, 7) is 3.19. The van der Waals surface area contributed by atoms with Crippen molar-refractivity contribution in [3.8, 4) is 0 Å². The molecule has 0 aromatic rings. The molecule has 1 N–H and O–H groups in total. The molecule has 0 radical (unpaired) electrons. The van der Waals surface area contributed by atoms with E-state index in [2.05, 4.69) is 6.92 Å². The first-order valence-corrected chi connectivity index (χ1v) is 9.80. The van der Waals surface area contributed by atoms with Crippen molar-refractivity contribution in [3.05, 3.63) is 0 Å². The molecule has 6 heteroatoms. The molecule has 122 valence electrons. The van der Waals surface area contributed by atoms with E-state index in [-0.39, 0.29) is 5.92 Å². The number of rotatable bonds is 5. The summed E-state index contributed by atoms with van der Waals surface area (Å²) in [5, 5.41) is 9.70. The van der Waals surface area contributed by atoms with Gasteiger partial charge in [-0.05, 0) is 50.4 Å². The molecule has 0 bridgehead atoms. The molecule has 3 unspecified atom stereocenters. The van der Waals surface area contributed by atoms with Crippen LogP contribution in [0.2, 0.25) is 0 Å². The second-order valence-corrected chi connectivity index (χ2v) is 8.92. The predicted octanol–water partition coefficient (Wildman–Crippen LogP) is 2.33. The van der Waals surface area contributed by atoms with E-state index in [4.69, 9.17) is 0 Å². The molecule has 2 aliphatic rings. The van der Waals surface area contributed by atoms with E-state index < -0.39 is 21.4 Å². The Bertz CT molecular complexity index is 490. The number of carboxylic acids is 1. The average molecular weight is 317 g/mol. The minimum absolute atomic E-state index is 0.181. The van der Waals surface area contributed by atoms with Crippen molar-refractivity contribution in [2.45, 2.75) is 51.9 Å². The number of hydrogen-bond donors (Lipinski definition) is 1. The lowest BCUT2D eigenvalue weighted by Crippen LogP contribution is -2.42. The lowest BCUT2D eigenvalue weighted by atomic mass is 9.75. The monoisotopic (exact) mass is 317 g/mol. The van der Waals surface area contributed by atoms with Crippen molar-refractivity contribution in [1.82, 2.24) is 4.31 Å². The van der Waals surface area contributed by atoms with Crippen molar-refractivity contribution >= 4 is 16.0 Å². The molecule has 0 aromatic heterocycles. The summed E-state index contributed by atoms with van der Waals surface area (Å²) in [4.78, 5) is 11.8. The van der Waals surface area contributed by atoms with Gasteiger partial charge >= 0.3 is 5.97 Å². The van der Waals surface area contributed by atoms with Crippen LogP contribution in [0.5, 0.6) is 0 Å². The first-order valence-electron chi connectivity index (χ1n) is 7.95. The van der Waals surface area contributed by atoms with Crippen molar-refractivity contribution in [3.63, 3.8) is 0 Å². The van der Waals surface area contributed by atoms with Gasteiger partial charge in [-0.15, -0.1) is 0 Å². The van der Waals surface area contributed by atoms with Gasteiger partial charge in [0.2, 0.25) is 10.0 Å². The minimum atomic E-state index is -3.16. The summed E-state index contributed by atoms with van der Waals surface area (Å²) in [6, 6.07) is 0. The number of aliphatic carboxylic acids is 1. The predicted molar refractivity (Wildman–Crippen MR) is 81.5 cm³/mol. The lowest BCUT2D eigenvalue weighted by molar-refractivity contribution is -0.150. The van der Waals surface area contributed by atoms with E-state index in [1.165, 1.54) is 10.6 Å². The SMILES string of the molecule is CCC1CCC(CC2CCCN(S(C)(=O)=O)C2)(C(=O)O)C1. The zero-order chi connectivity index (χ0) is 15.7. The van der Waals surface area contributed by atoms with Crippen LogP contribution >= 0.6 is 0 Å². The van der Waals surface area contributed by atoms with Gasteiger partial charge in [0.15, 0.2) is 0 Å². The molecule has 0 amide bonds. The van der Waals surface area contributed by atoms with E-state index >= 15 is 0 Å². The van der Waals surface area contributed by atoms with Gasteiger partial charge in [-0.3, -0.25) is 4.79 Å². The first kappa shape index (κ1) is 16.7. The average Bonchev–Trinajstić information content (AvgIpc) is 2.83. The highest BCUT2D eigenvalue weighted by molar-refractivity contribution is 7.88. The fraction of sp³-hybridized carbons (Fsp3) is 0.933. The van der Waals surface area contributed by atoms with Crippen molar-refractivity contribution in [2.75, 3.05) is 19.3 Å². The van der Waals surface area contributed by atoms with Crippen molar-refractivity contribution in [2.24, 2.45) is 17.3 Å². The van der Waals surface area contributed by atoms with Crippen LogP contribution < -0.4 is 0 Å². The van der Waals surface area contributed by atoms with Crippen LogP contribution in [0.15, 0.2) is 0 Å². The molecular weight excluding hydrogens is 290 g/mol. The minimum Gasteiger partial charge on any atom is -0.481 e. The summed E-state index contributed by atoms with van der Waals surface area (Å²) in [5.41, 5.74) is -0.619. The Balaban J connectivity index is 2.06. The summed E-state index contributed by atoms with van der Waals surface area (Å²) < 4.78 is 24.9. The van der Waals surface area contributed by atoms with Gasteiger partial charge in [0, 0.05) is 13.1 Å². The summed E-state index contributed by atoms with van der Waals surface area (Å²) in [5.74, 6) is 0.00538. The highest BCUT2D eigenvalue weighted by Crippen LogP contribution is 2.48. The largest absolute Gasteiger partial charge is 0.481 e. The molecule has 1 saturated carbocycles. The van der Waals surface area contributed by atoms with E-state index in [0.717, 1.165) is 38.5 Å². The van der Waals surface area contributed by atoms with Crippen LogP contribution in [0.1, 0.15) is 51.9 Å². The topological polar surface area (TPSA) is 74.7 Å². The summed E-state index contributed by atoms with van der Waals surface area (Å²) in [6.07, 6.45) is 7.18. The third-order valence-electron chi connectivity index (χ3n) is 5.37. The fourth-order valence-corrected chi connectivity index (χ4v) is 5.04. The molecule has 2 fully saturated rings. The zero-order valence-corrected chi connectivity index (χ0v) is 13.9. The van der Waals surface area contributed by atoms with Gasteiger partial charge in [0.1, 0.15) is 0 Å². The molecule has 2 rings (SSSR count). The van der Waals surface area contributed by atoms with Crippen LogP contribution in [0.4, 0.5) is 0 Å². The van der Waals surface area contributed by atoms with Crippen LogP contribution in [-0.4, -0.2) is 43.1 Å². The Morgan fingerprint density at radius 2 is 2.05 bits per heavy atom. The number of sulfonamides is 1. The van der Waals surface area contributed by atoms with Crippen LogP contribution in [0.25, 0.3) is 0 Å². The molecule has 0 aromatic carbocycles. The summed E-state index contributed by atoms with van der Waals surface area (Å²) in [7, 11) is -3.16. The second kappa shape index (κ2) is 6.24. The molecule has 1 aliphatic heterocycles. The maximum Gasteiger partial charge on any atom is 0.309 e. The van der Waals surface area contributed by atoms with E-state index in [0.29, 0.717) is 25.4 Å². The smallest absolute Gasteiger partial charge is 0.309 e. The van der Waals surface area contributed by atoms with Crippen molar-refractivity contribution < 1.29 is 18.3 Å². The Labute approximate surface area is 127 Å². The van der Waals surface area contributed by atoms with E-state index in [9.17, 15) is 18.3 Å². The van der Waals surface area contributed by atoms with E-state index in [1.807, 2.05) is 0 Å². The molecule has 5 nitrogen and oxygen atoms in total. The molecule has 21 heavy (non-hydrogen) atoms.